The fourth-order valence-corrected chi connectivity index (χ4v) is 9.05. The van der Waals surface area contributed by atoms with Crippen molar-refractivity contribution in [3.8, 4) is 73.2 Å². The van der Waals surface area contributed by atoms with Crippen molar-refractivity contribution in [2.75, 3.05) is 0 Å². The van der Waals surface area contributed by atoms with Gasteiger partial charge in [0, 0.05) is 32.8 Å². The molecule has 1 aliphatic carbocycles. The fourth-order valence-electron chi connectivity index (χ4n) is 9.05. The normalized spacial score (nSPS) is 11.9. The van der Waals surface area contributed by atoms with E-state index in [0.717, 1.165) is 38.8 Å². The van der Waals surface area contributed by atoms with Crippen LogP contribution < -0.4 is 0 Å². The van der Waals surface area contributed by atoms with Crippen LogP contribution in [0.3, 0.4) is 0 Å². The van der Waals surface area contributed by atoms with Gasteiger partial charge in [-0.15, -0.1) is 0 Å². The third-order valence-electron chi connectivity index (χ3n) is 11.6. The molecule has 0 bridgehead atoms. The largest absolute Gasteiger partial charge is 0.308 e. The summed E-state index contributed by atoms with van der Waals surface area (Å²) in [6.45, 7) is 0. The smallest absolute Gasteiger partial charge is 0.166 e. The maximum absolute atomic E-state index is 5.29. The predicted octanol–water partition coefficient (Wildman–Crippen LogP) is 13.6. The van der Waals surface area contributed by atoms with Gasteiger partial charge in [0.1, 0.15) is 0 Å². The average molecular weight is 725 g/mol. The monoisotopic (exact) mass is 724 g/mol. The van der Waals surface area contributed by atoms with E-state index in [2.05, 4.69) is 180 Å². The van der Waals surface area contributed by atoms with Crippen LogP contribution in [0.15, 0.2) is 194 Å². The van der Waals surface area contributed by atoms with Gasteiger partial charge in [0.2, 0.25) is 0 Å². The highest BCUT2D eigenvalue weighted by atomic mass is 15.1. The molecule has 9 aromatic carbocycles. The molecule has 0 unspecified atom stereocenters. The first-order valence-electron chi connectivity index (χ1n) is 19.4. The van der Waals surface area contributed by atoms with E-state index in [0.29, 0.717) is 17.5 Å². The van der Waals surface area contributed by atoms with E-state index < -0.39 is 0 Å². The molecule has 0 radical (unpaired) electrons. The molecule has 0 aliphatic heterocycles. The van der Waals surface area contributed by atoms with Gasteiger partial charge >= 0.3 is 0 Å². The number of nitrogens with zero attached hydrogens (tertiary/aromatic N) is 4. The van der Waals surface area contributed by atoms with E-state index in [9.17, 15) is 0 Å². The first-order chi connectivity index (χ1) is 28.3. The van der Waals surface area contributed by atoms with Gasteiger partial charge in [-0.3, -0.25) is 0 Å². The quantitative estimate of drug-likeness (QED) is 0.177. The Kier molecular flexibility index (Phi) is 6.89. The van der Waals surface area contributed by atoms with Gasteiger partial charge in [0.05, 0.1) is 16.7 Å². The summed E-state index contributed by atoms with van der Waals surface area (Å²) in [5, 5.41) is 7.35. The molecule has 0 spiro atoms. The summed E-state index contributed by atoms with van der Waals surface area (Å²) in [4.78, 5) is 15.6. The van der Waals surface area contributed by atoms with Gasteiger partial charge in [0.15, 0.2) is 17.5 Å². The van der Waals surface area contributed by atoms with Crippen LogP contribution in [0.25, 0.3) is 117 Å². The van der Waals surface area contributed by atoms with Crippen molar-refractivity contribution in [2.24, 2.45) is 0 Å². The van der Waals surface area contributed by atoms with Crippen molar-refractivity contribution in [3.63, 3.8) is 0 Å². The van der Waals surface area contributed by atoms with Crippen molar-refractivity contribution in [2.45, 2.75) is 0 Å². The molecule has 0 saturated heterocycles. The first kappa shape index (κ1) is 31.6. The van der Waals surface area contributed by atoms with Gasteiger partial charge in [-0.2, -0.15) is 0 Å². The van der Waals surface area contributed by atoms with E-state index in [1.54, 1.807) is 0 Å². The van der Waals surface area contributed by atoms with Gasteiger partial charge in [0.25, 0.3) is 0 Å². The first-order valence-corrected chi connectivity index (χ1v) is 19.4. The number of aromatic nitrogens is 4. The Bertz CT molecular complexity index is 3400. The lowest BCUT2D eigenvalue weighted by molar-refractivity contribution is 1.06. The number of hydrogen-bond donors (Lipinski definition) is 0. The van der Waals surface area contributed by atoms with Gasteiger partial charge in [-0.1, -0.05) is 164 Å². The molecule has 264 valence electrons. The molecule has 11 aromatic rings. The van der Waals surface area contributed by atoms with E-state index in [1.807, 2.05) is 18.2 Å². The minimum Gasteiger partial charge on any atom is -0.308 e. The highest BCUT2D eigenvalue weighted by molar-refractivity contribution is 6.32. The second-order valence-electron chi connectivity index (χ2n) is 14.7. The third kappa shape index (κ3) is 4.84. The summed E-state index contributed by atoms with van der Waals surface area (Å²) in [5.74, 6) is 1.89. The molecule has 0 atom stereocenters. The summed E-state index contributed by atoms with van der Waals surface area (Å²) < 4.78 is 2.45. The lowest BCUT2D eigenvalue weighted by Gasteiger charge is -2.17. The van der Waals surface area contributed by atoms with Gasteiger partial charge in [-0.25, -0.2) is 15.0 Å². The molecule has 0 saturated carbocycles. The standard InChI is InChI=1S/C53H32N4/c1-3-16-34(17-4-1)44-32-47-50-48-40(24-13-25-42(44)48)38-21-9-10-22-39(38)41-26-14-28-46(49(41)50)57(47)45-27-12-11-23-43(45)53-55-51(35-18-5-2-6-19-35)54-52(56-53)37-30-29-33-15-7-8-20-36(33)31-37/h1-32H. The van der Waals surface area contributed by atoms with Gasteiger partial charge in [-0.05, 0) is 79.9 Å². The SMILES string of the molecule is c1ccc(-c2nc(-c3ccc4ccccc4c3)nc(-c3ccccc3-n3c4cccc5c4c4c6c(cccc6c(-c6ccccc6)cc43)-c3ccccc3-5)n2)cc1. The lowest BCUT2D eigenvalue weighted by Crippen LogP contribution is -2.04. The molecular formula is C53H32N4. The average Bonchev–Trinajstić information content (AvgIpc) is 3.56. The van der Waals surface area contributed by atoms with Crippen molar-refractivity contribution < 1.29 is 0 Å². The zero-order valence-electron chi connectivity index (χ0n) is 30.8. The van der Waals surface area contributed by atoms with Crippen molar-refractivity contribution >= 4 is 43.4 Å². The number of fused-ring (bicyclic) bond motifs is 4. The molecule has 12 rings (SSSR count). The number of hydrogen-bond acceptors (Lipinski definition) is 3. The van der Waals surface area contributed by atoms with Crippen LogP contribution in [0.5, 0.6) is 0 Å². The Morgan fingerprint density at radius 2 is 0.877 bits per heavy atom. The van der Waals surface area contributed by atoms with Crippen LogP contribution in [0, 0.1) is 0 Å². The van der Waals surface area contributed by atoms with Crippen LogP contribution in [-0.4, -0.2) is 19.5 Å². The van der Waals surface area contributed by atoms with Crippen LogP contribution in [0.2, 0.25) is 0 Å². The van der Waals surface area contributed by atoms with E-state index in [4.69, 9.17) is 15.0 Å². The van der Waals surface area contributed by atoms with Crippen molar-refractivity contribution in [1.82, 2.24) is 19.5 Å². The number of rotatable bonds is 5. The van der Waals surface area contributed by atoms with Crippen LogP contribution in [0.4, 0.5) is 0 Å². The molecule has 4 heteroatoms. The highest BCUT2D eigenvalue weighted by Crippen LogP contribution is 2.52. The summed E-state index contributed by atoms with van der Waals surface area (Å²) >= 11 is 0. The molecule has 2 heterocycles. The number of para-hydroxylation sites is 1. The van der Waals surface area contributed by atoms with E-state index in [-0.39, 0.29) is 0 Å². The zero-order valence-corrected chi connectivity index (χ0v) is 30.8. The summed E-state index contributed by atoms with van der Waals surface area (Å²) in [6, 6.07) is 69.2. The predicted molar refractivity (Wildman–Crippen MR) is 235 cm³/mol. The maximum Gasteiger partial charge on any atom is 0.166 e. The van der Waals surface area contributed by atoms with Crippen LogP contribution in [0.1, 0.15) is 0 Å². The Hall–Kier alpha value is -7.69. The Balaban J connectivity index is 1.19. The molecule has 57 heavy (non-hydrogen) atoms. The molecule has 0 fully saturated rings. The minimum absolute atomic E-state index is 0.621. The maximum atomic E-state index is 5.29. The summed E-state index contributed by atoms with van der Waals surface area (Å²) in [6.07, 6.45) is 0. The second-order valence-corrected chi connectivity index (χ2v) is 14.7. The molecule has 1 aliphatic rings. The van der Waals surface area contributed by atoms with E-state index in [1.165, 1.54) is 60.3 Å². The van der Waals surface area contributed by atoms with E-state index >= 15 is 0 Å². The molecular weight excluding hydrogens is 693 g/mol. The molecule has 0 amide bonds. The molecule has 0 N–H and O–H groups in total. The minimum atomic E-state index is 0.621. The zero-order chi connectivity index (χ0) is 37.5. The van der Waals surface area contributed by atoms with Crippen molar-refractivity contribution in [1.29, 1.82) is 0 Å². The van der Waals surface area contributed by atoms with Gasteiger partial charge < -0.3 is 4.57 Å². The molecule has 2 aromatic heterocycles. The lowest BCUT2D eigenvalue weighted by atomic mass is 9.90. The summed E-state index contributed by atoms with van der Waals surface area (Å²) in [5.41, 5.74) is 13.5. The topological polar surface area (TPSA) is 43.6 Å². The highest BCUT2D eigenvalue weighted by Gasteiger charge is 2.27. The van der Waals surface area contributed by atoms with Crippen LogP contribution in [-0.2, 0) is 0 Å². The van der Waals surface area contributed by atoms with Crippen LogP contribution >= 0.6 is 0 Å². The Morgan fingerprint density at radius 1 is 0.298 bits per heavy atom. The molecule has 4 nitrogen and oxygen atoms in total. The number of benzene rings is 9. The Labute approximate surface area is 329 Å². The fraction of sp³-hybridized carbons (Fsp3) is 0. The Morgan fingerprint density at radius 3 is 1.65 bits per heavy atom. The van der Waals surface area contributed by atoms with Crippen molar-refractivity contribution in [3.05, 3.63) is 194 Å². The summed E-state index contributed by atoms with van der Waals surface area (Å²) in [7, 11) is 0. The third-order valence-corrected chi connectivity index (χ3v) is 11.6. The second kappa shape index (κ2) is 12.4.